The van der Waals surface area contributed by atoms with E-state index in [0.717, 1.165) is 16.9 Å². The van der Waals surface area contributed by atoms with Crippen LogP contribution in [0.15, 0.2) is 71.4 Å². The Balaban J connectivity index is 1.45. The van der Waals surface area contributed by atoms with Crippen molar-refractivity contribution in [2.75, 3.05) is 0 Å². The number of aromatic nitrogens is 4. The summed E-state index contributed by atoms with van der Waals surface area (Å²) in [4.78, 5) is 16.8. The largest absolute Gasteiger partial charge is 0.449 e. The molecule has 7 nitrogen and oxygen atoms in total. The number of carbonyl (C=O) groups excluding carboxylic acids is 1. The summed E-state index contributed by atoms with van der Waals surface area (Å²) in [7, 11) is 0. The molecular weight excluding hydrogens is 356 g/mol. The van der Waals surface area contributed by atoms with E-state index >= 15 is 0 Å². The van der Waals surface area contributed by atoms with E-state index in [0.29, 0.717) is 11.4 Å². The summed E-state index contributed by atoms with van der Waals surface area (Å²) in [6.07, 6.45) is 1.07. The van der Waals surface area contributed by atoms with Crippen LogP contribution >= 0.6 is 0 Å². The molecular formula is C21H18N4O3. The molecule has 0 saturated carbocycles. The fraction of sp³-hybridized carbons (Fsp3) is 0.143. The van der Waals surface area contributed by atoms with Crippen molar-refractivity contribution < 1.29 is 14.1 Å². The number of nitrogens with zero attached hydrogens (tertiary/aromatic N) is 4. The second-order valence-electron chi connectivity index (χ2n) is 6.30. The average molecular weight is 374 g/mol. The minimum atomic E-state index is -0.662. The molecule has 7 heteroatoms. The van der Waals surface area contributed by atoms with Crippen molar-refractivity contribution in [1.82, 2.24) is 19.9 Å². The zero-order valence-electron chi connectivity index (χ0n) is 15.4. The van der Waals surface area contributed by atoms with Gasteiger partial charge in [0, 0.05) is 17.5 Å². The third-order valence-electron chi connectivity index (χ3n) is 4.28. The summed E-state index contributed by atoms with van der Waals surface area (Å²) >= 11 is 0. The highest BCUT2D eigenvalue weighted by molar-refractivity contribution is 5.89. The topological polar surface area (TPSA) is 83.0 Å². The minimum Gasteiger partial charge on any atom is -0.449 e. The summed E-state index contributed by atoms with van der Waals surface area (Å²) in [5.74, 6) is 0.240. The van der Waals surface area contributed by atoms with Crippen LogP contribution in [-0.2, 0) is 4.74 Å². The maximum atomic E-state index is 12.4. The first-order valence-electron chi connectivity index (χ1n) is 8.83. The molecule has 0 saturated heterocycles. The molecule has 4 rings (SSSR count). The van der Waals surface area contributed by atoms with Crippen LogP contribution in [0.3, 0.4) is 0 Å². The van der Waals surface area contributed by atoms with Gasteiger partial charge < -0.3 is 9.26 Å². The van der Waals surface area contributed by atoms with Gasteiger partial charge in [-0.15, -0.1) is 0 Å². The number of hydrogen-bond acceptors (Lipinski definition) is 6. The molecule has 0 aliphatic carbocycles. The minimum absolute atomic E-state index is 0.246. The number of benzene rings is 2. The lowest BCUT2D eigenvalue weighted by Gasteiger charge is -2.10. The highest BCUT2D eigenvalue weighted by atomic mass is 16.6. The number of esters is 1. The third-order valence-corrected chi connectivity index (χ3v) is 4.28. The Morgan fingerprint density at radius 1 is 1.07 bits per heavy atom. The zero-order valence-corrected chi connectivity index (χ0v) is 15.4. The first-order valence-corrected chi connectivity index (χ1v) is 8.83. The summed E-state index contributed by atoms with van der Waals surface area (Å²) in [5.41, 5.74) is 3.15. The quantitative estimate of drug-likeness (QED) is 0.488. The molecule has 0 aliphatic heterocycles. The van der Waals surface area contributed by atoms with E-state index in [-0.39, 0.29) is 5.89 Å². The monoisotopic (exact) mass is 374 g/mol. The van der Waals surface area contributed by atoms with E-state index in [1.807, 2.05) is 55.5 Å². The fourth-order valence-electron chi connectivity index (χ4n) is 2.76. The Labute approximate surface area is 161 Å². The van der Waals surface area contributed by atoms with Gasteiger partial charge in [0.25, 0.3) is 5.89 Å². The molecule has 0 N–H and O–H groups in total. The molecule has 4 aromatic rings. The van der Waals surface area contributed by atoms with Gasteiger partial charge in [-0.3, -0.25) is 0 Å². The van der Waals surface area contributed by atoms with Crippen LogP contribution in [0.1, 0.15) is 35.0 Å². The summed E-state index contributed by atoms with van der Waals surface area (Å²) in [6.45, 7) is 3.66. The molecule has 0 spiro atoms. The molecule has 0 unspecified atom stereocenters. The number of aryl methyl sites for hydroxylation is 1. The van der Waals surface area contributed by atoms with E-state index in [2.05, 4.69) is 15.2 Å². The molecule has 28 heavy (non-hydrogen) atoms. The molecule has 1 atom stereocenters. The lowest BCUT2D eigenvalue weighted by atomic mass is 10.2. The van der Waals surface area contributed by atoms with E-state index in [9.17, 15) is 4.79 Å². The van der Waals surface area contributed by atoms with Crippen molar-refractivity contribution >= 4 is 5.97 Å². The summed E-state index contributed by atoms with van der Waals surface area (Å²) in [5, 5.41) is 8.20. The van der Waals surface area contributed by atoms with E-state index < -0.39 is 12.1 Å². The van der Waals surface area contributed by atoms with Crippen LogP contribution in [-0.4, -0.2) is 25.9 Å². The number of hydrogen-bond donors (Lipinski definition) is 0. The second kappa shape index (κ2) is 7.48. The van der Waals surface area contributed by atoms with E-state index in [1.54, 1.807) is 29.9 Å². The molecule has 0 radical (unpaired) electrons. The van der Waals surface area contributed by atoms with Crippen LogP contribution in [0.5, 0.6) is 0 Å². The van der Waals surface area contributed by atoms with Crippen LogP contribution in [0.25, 0.3) is 17.1 Å². The average Bonchev–Trinajstić information content (AvgIpc) is 3.38. The van der Waals surface area contributed by atoms with Gasteiger partial charge in [0.1, 0.15) is 0 Å². The molecule has 0 bridgehead atoms. The number of carbonyl (C=O) groups is 1. The van der Waals surface area contributed by atoms with Crippen molar-refractivity contribution in [3.63, 3.8) is 0 Å². The molecule has 2 heterocycles. The van der Waals surface area contributed by atoms with Crippen LogP contribution in [0.2, 0.25) is 0 Å². The summed E-state index contributed by atoms with van der Waals surface area (Å²) < 4.78 is 12.5. The van der Waals surface area contributed by atoms with Gasteiger partial charge in [-0.2, -0.15) is 10.1 Å². The zero-order chi connectivity index (χ0) is 19.5. The highest BCUT2D eigenvalue weighted by Crippen LogP contribution is 2.21. The van der Waals surface area contributed by atoms with Gasteiger partial charge in [-0.25, -0.2) is 9.48 Å². The SMILES string of the molecule is Cc1ccnn1-c1ccc(C(=O)O[C@@H](C)c2nc(-c3ccccc3)no2)cc1. The van der Waals surface area contributed by atoms with E-state index in [4.69, 9.17) is 9.26 Å². The van der Waals surface area contributed by atoms with Crippen molar-refractivity contribution in [3.05, 3.63) is 84.0 Å². The van der Waals surface area contributed by atoms with Gasteiger partial charge >= 0.3 is 5.97 Å². The standard InChI is InChI=1S/C21H18N4O3/c1-14-12-13-22-25(14)18-10-8-17(9-11-18)21(26)27-15(2)20-23-19(24-28-20)16-6-4-3-5-7-16/h3-13,15H,1-2H3/t15-/m0/s1. The Morgan fingerprint density at radius 3 is 2.50 bits per heavy atom. The molecule has 0 aliphatic rings. The third kappa shape index (κ3) is 3.55. The predicted octanol–water partition coefficient (Wildman–Crippen LogP) is 4.15. The van der Waals surface area contributed by atoms with Crippen molar-refractivity contribution in [1.29, 1.82) is 0 Å². The maximum Gasteiger partial charge on any atom is 0.338 e. The van der Waals surface area contributed by atoms with Gasteiger partial charge in [-0.05, 0) is 44.2 Å². The number of ether oxygens (including phenoxy) is 1. The van der Waals surface area contributed by atoms with Crippen molar-refractivity contribution in [2.45, 2.75) is 20.0 Å². The maximum absolute atomic E-state index is 12.4. The lowest BCUT2D eigenvalue weighted by molar-refractivity contribution is 0.0265. The van der Waals surface area contributed by atoms with E-state index in [1.165, 1.54) is 0 Å². The van der Waals surface area contributed by atoms with Crippen molar-refractivity contribution in [2.24, 2.45) is 0 Å². The predicted molar refractivity (Wildman–Crippen MR) is 102 cm³/mol. The smallest absolute Gasteiger partial charge is 0.338 e. The number of rotatable bonds is 5. The van der Waals surface area contributed by atoms with Gasteiger partial charge in [0.05, 0.1) is 11.3 Å². The van der Waals surface area contributed by atoms with Crippen LogP contribution in [0, 0.1) is 6.92 Å². The first kappa shape index (κ1) is 17.7. The van der Waals surface area contributed by atoms with Gasteiger partial charge in [-0.1, -0.05) is 35.5 Å². The first-order chi connectivity index (χ1) is 13.6. The Kier molecular flexibility index (Phi) is 4.72. The fourth-order valence-corrected chi connectivity index (χ4v) is 2.76. The second-order valence-corrected chi connectivity index (χ2v) is 6.30. The molecule has 2 aromatic heterocycles. The molecule has 140 valence electrons. The molecule has 0 amide bonds. The normalized spacial score (nSPS) is 11.9. The Bertz CT molecular complexity index is 1080. The van der Waals surface area contributed by atoms with Crippen LogP contribution < -0.4 is 0 Å². The lowest BCUT2D eigenvalue weighted by Crippen LogP contribution is -2.10. The highest BCUT2D eigenvalue weighted by Gasteiger charge is 2.20. The van der Waals surface area contributed by atoms with Gasteiger partial charge in [0.15, 0.2) is 6.10 Å². The Morgan fingerprint density at radius 2 is 1.82 bits per heavy atom. The Hall–Kier alpha value is -3.74. The molecule has 2 aromatic carbocycles. The van der Waals surface area contributed by atoms with Crippen molar-refractivity contribution in [3.8, 4) is 17.1 Å². The van der Waals surface area contributed by atoms with Crippen LogP contribution in [0.4, 0.5) is 0 Å². The molecule has 0 fully saturated rings. The van der Waals surface area contributed by atoms with Gasteiger partial charge in [0.2, 0.25) is 5.82 Å². The summed E-state index contributed by atoms with van der Waals surface area (Å²) in [6, 6.07) is 18.4.